The van der Waals surface area contributed by atoms with Gasteiger partial charge in [0.2, 0.25) is 0 Å². The zero-order valence-corrected chi connectivity index (χ0v) is 17.4. The molecule has 162 valence electrons. The topological polar surface area (TPSA) is 50.7 Å². The second-order valence-corrected chi connectivity index (χ2v) is 7.28. The first-order valence-electron chi connectivity index (χ1n) is 8.95. The van der Waals surface area contributed by atoms with Crippen molar-refractivity contribution in [1.29, 1.82) is 0 Å². The fourth-order valence-electron chi connectivity index (χ4n) is 2.70. The van der Waals surface area contributed by atoms with E-state index in [1.54, 1.807) is 7.11 Å². The molecule has 0 aromatic heterocycles. The maximum absolute atomic E-state index is 12.5. The van der Waals surface area contributed by atoms with Crippen molar-refractivity contribution in [3.63, 3.8) is 0 Å². The Balaban J connectivity index is 0.00000420. The van der Waals surface area contributed by atoms with Gasteiger partial charge in [-0.1, -0.05) is 12.1 Å². The Bertz CT molecular complexity index is 734. The highest BCUT2D eigenvalue weighted by Crippen LogP contribution is 2.30. The lowest BCUT2D eigenvalue weighted by molar-refractivity contribution is -0.137. The maximum atomic E-state index is 12.5. The van der Waals surface area contributed by atoms with Gasteiger partial charge < -0.3 is 19.9 Å². The minimum atomic E-state index is -4.38. The SMILES string of the molecule is COc1ccc(CC(C)(C)NCC(O)COc2ccc(C(F)(F)F)cc2)cc1.Cl. The lowest BCUT2D eigenvalue weighted by Gasteiger charge is -2.28. The molecule has 0 saturated carbocycles. The average molecular weight is 434 g/mol. The first-order valence-corrected chi connectivity index (χ1v) is 8.95. The molecule has 2 rings (SSSR count). The highest BCUT2D eigenvalue weighted by atomic mass is 35.5. The quantitative estimate of drug-likeness (QED) is 0.612. The highest BCUT2D eigenvalue weighted by Gasteiger charge is 2.30. The number of ether oxygens (including phenoxy) is 2. The van der Waals surface area contributed by atoms with Crippen LogP contribution in [0.25, 0.3) is 0 Å². The van der Waals surface area contributed by atoms with Crippen LogP contribution in [0.2, 0.25) is 0 Å². The zero-order valence-electron chi connectivity index (χ0n) is 16.6. The minimum absolute atomic E-state index is 0. The van der Waals surface area contributed by atoms with Crippen LogP contribution in [0, 0.1) is 0 Å². The normalized spacial score (nSPS) is 12.8. The molecule has 0 saturated heterocycles. The molecule has 1 unspecified atom stereocenters. The van der Waals surface area contributed by atoms with Crippen LogP contribution in [0.3, 0.4) is 0 Å². The Kier molecular flexibility index (Phi) is 9.26. The lowest BCUT2D eigenvalue weighted by atomic mass is 9.94. The summed E-state index contributed by atoms with van der Waals surface area (Å²) in [5.41, 5.74) is 0.139. The third-order valence-corrected chi connectivity index (χ3v) is 4.25. The molecule has 0 bridgehead atoms. The van der Waals surface area contributed by atoms with Crippen LogP contribution in [0.15, 0.2) is 48.5 Å². The minimum Gasteiger partial charge on any atom is -0.497 e. The van der Waals surface area contributed by atoms with Crippen LogP contribution in [0.4, 0.5) is 13.2 Å². The molecule has 0 heterocycles. The molecular weight excluding hydrogens is 407 g/mol. The summed E-state index contributed by atoms with van der Waals surface area (Å²) in [5, 5.41) is 13.4. The van der Waals surface area contributed by atoms with E-state index in [1.165, 1.54) is 12.1 Å². The summed E-state index contributed by atoms with van der Waals surface area (Å²) in [6, 6.07) is 12.2. The summed E-state index contributed by atoms with van der Waals surface area (Å²) in [6.07, 6.45) is -4.42. The summed E-state index contributed by atoms with van der Waals surface area (Å²) in [5.74, 6) is 1.08. The van der Waals surface area contributed by atoms with Crippen molar-refractivity contribution in [2.45, 2.75) is 38.1 Å². The number of β-amino-alcohol motifs (C(OH)–C–C–N with tert-alkyl or cyclic N) is 1. The molecule has 4 nitrogen and oxygen atoms in total. The Labute approximate surface area is 175 Å². The summed E-state index contributed by atoms with van der Waals surface area (Å²) >= 11 is 0. The van der Waals surface area contributed by atoms with Gasteiger partial charge in [0.05, 0.1) is 12.7 Å². The number of benzene rings is 2. The maximum Gasteiger partial charge on any atom is 0.416 e. The van der Waals surface area contributed by atoms with Crippen molar-refractivity contribution in [2.24, 2.45) is 0 Å². The van der Waals surface area contributed by atoms with E-state index >= 15 is 0 Å². The van der Waals surface area contributed by atoms with Crippen molar-refractivity contribution in [1.82, 2.24) is 5.32 Å². The third-order valence-electron chi connectivity index (χ3n) is 4.25. The fraction of sp³-hybridized carbons (Fsp3) is 0.429. The van der Waals surface area contributed by atoms with Crippen molar-refractivity contribution < 1.29 is 27.8 Å². The monoisotopic (exact) mass is 433 g/mol. The van der Waals surface area contributed by atoms with Crippen LogP contribution in [-0.4, -0.2) is 37.0 Å². The van der Waals surface area contributed by atoms with Gasteiger partial charge in [0, 0.05) is 12.1 Å². The lowest BCUT2D eigenvalue weighted by Crippen LogP contribution is -2.46. The Hall–Kier alpha value is -1.96. The van der Waals surface area contributed by atoms with Crippen molar-refractivity contribution in [2.75, 3.05) is 20.3 Å². The largest absolute Gasteiger partial charge is 0.497 e. The summed E-state index contributed by atoms with van der Waals surface area (Å²) < 4.78 is 48.2. The molecule has 2 aromatic rings. The Morgan fingerprint density at radius 1 is 0.966 bits per heavy atom. The van der Waals surface area contributed by atoms with Crippen molar-refractivity contribution >= 4 is 12.4 Å². The molecular formula is C21H27ClF3NO3. The predicted molar refractivity (Wildman–Crippen MR) is 109 cm³/mol. The number of aliphatic hydroxyl groups excluding tert-OH is 1. The van der Waals surface area contributed by atoms with Crippen LogP contribution in [-0.2, 0) is 12.6 Å². The molecule has 2 aromatic carbocycles. The van der Waals surface area contributed by atoms with Crippen LogP contribution in [0.1, 0.15) is 25.0 Å². The number of halogens is 4. The van der Waals surface area contributed by atoms with Gasteiger partial charge in [0.1, 0.15) is 24.2 Å². The fourth-order valence-corrected chi connectivity index (χ4v) is 2.70. The van der Waals surface area contributed by atoms with E-state index < -0.39 is 17.8 Å². The molecule has 29 heavy (non-hydrogen) atoms. The number of methoxy groups -OCH3 is 1. The van der Waals surface area contributed by atoms with Crippen LogP contribution >= 0.6 is 12.4 Å². The molecule has 8 heteroatoms. The van der Waals surface area contributed by atoms with Gasteiger partial charge in [-0.05, 0) is 62.2 Å². The van der Waals surface area contributed by atoms with Gasteiger partial charge in [-0.15, -0.1) is 12.4 Å². The molecule has 0 aliphatic heterocycles. The number of rotatable bonds is 9. The van der Waals surface area contributed by atoms with Crippen LogP contribution < -0.4 is 14.8 Å². The van der Waals surface area contributed by atoms with E-state index in [4.69, 9.17) is 9.47 Å². The van der Waals surface area contributed by atoms with Gasteiger partial charge in [-0.2, -0.15) is 13.2 Å². The van der Waals surface area contributed by atoms with E-state index in [0.29, 0.717) is 6.54 Å². The average Bonchev–Trinajstić information content (AvgIpc) is 2.65. The van der Waals surface area contributed by atoms with E-state index in [2.05, 4.69) is 5.32 Å². The molecule has 0 aliphatic carbocycles. The molecule has 0 spiro atoms. The molecule has 0 amide bonds. The summed E-state index contributed by atoms with van der Waals surface area (Å²) in [6.45, 7) is 4.34. The van der Waals surface area contributed by atoms with Gasteiger partial charge >= 0.3 is 6.18 Å². The summed E-state index contributed by atoms with van der Waals surface area (Å²) in [4.78, 5) is 0. The third kappa shape index (κ3) is 8.51. The van der Waals surface area contributed by atoms with Crippen molar-refractivity contribution in [3.8, 4) is 11.5 Å². The van der Waals surface area contributed by atoms with E-state index in [9.17, 15) is 18.3 Å². The van der Waals surface area contributed by atoms with Crippen molar-refractivity contribution in [3.05, 3.63) is 59.7 Å². The van der Waals surface area contributed by atoms with E-state index in [0.717, 1.165) is 29.9 Å². The number of aliphatic hydroxyl groups is 1. The summed E-state index contributed by atoms with van der Waals surface area (Å²) in [7, 11) is 1.62. The number of hydrogen-bond donors (Lipinski definition) is 2. The zero-order chi connectivity index (χ0) is 20.8. The first-order chi connectivity index (χ1) is 13.1. The number of alkyl halides is 3. The molecule has 0 aliphatic rings. The second kappa shape index (κ2) is 10.7. The van der Waals surface area contributed by atoms with Gasteiger partial charge in [0.15, 0.2) is 0 Å². The molecule has 1 atom stereocenters. The van der Waals surface area contributed by atoms with Gasteiger partial charge in [0.25, 0.3) is 0 Å². The molecule has 0 fully saturated rings. The van der Waals surface area contributed by atoms with E-state index in [1.807, 2.05) is 38.1 Å². The highest BCUT2D eigenvalue weighted by molar-refractivity contribution is 5.85. The Morgan fingerprint density at radius 3 is 2.03 bits per heavy atom. The molecule has 0 radical (unpaired) electrons. The number of nitrogens with one attached hydrogen (secondary N) is 1. The van der Waals surface area contributed by atoms with E-state index in [-0.39, 0.29) is 30.3 Å². The van der Waals surface area contributed by atoms with Gasteiger partial charge in [-0.25, -0.2) is 0 Å². The van der Waals surface area contributed by atoms with Crippen LogP contribution in [0.5, 0.6) is 11.5 Å². The first kappa shape index (κ1) is 25.1. The smallest absolute Gasteiger partial charge is 0.416 e. The standard InChI is InChI=1S/C21H26F3NO3.ClH/c1-20(2,12-15-4-8-18(27-3)9-5-15)25-13-17(26)14-28-19-10-6-16(7-11-19)21(22,23)24;/h4-11,17,25-26H,12-14H2,1-3H3;1H. The second-order valence-electron chi connectivity index (χ2n) is 7.28. The Morgan fingerprint density at radius 2 is 1.52 bits per heavy atom. The number of hydrogen-bond acceptors (Lipinski definition) is 4. The predicted octanol–water partition coefficient (Wildman–Crippen LogP) is 4.49. The van der Waals surface area contributed by atoms with Gasteiger partial charge in [-0.3, -0.25) is 0 Å². The molecule has 2 N–H and O–H groups in total.